The first-order valence-corrected chi connectivity index (χ1v) is 8.79. The van der Waals surface area contributed by atoms with Crippen LogP contribution in [0.2, 0.25) is 0 Å². The van der Waals surface area contributed by atoms with E-state index in [0.717, 1.165) is 36.8 Å². The summed E-state index contributed by atoms with van der Waals surface area (Å²) in [4.78, 5) is 4.57. The number of benzene rings is 1. The van der Waals surface area contributed by atoms with E-state index in [1.807, 2.05) is 25.5 Å². The van der Waals surface area contributed by atoms with E-state index in [9.17, 15) is 4.39 Å². The van der Waals surface area contributed by atoms with Gasteiger partial charge in [-0.15, -0.1) is 10.2 Å². The van der Waals surface area contributed by atoms with Gasteiger partial charge in [-0.05, 0) is 38.0 Å². The Bertz CT molecular complexity index is 698. The van der Waals surface area contributed by atoms with Gasteiger partial charge in [0.15, 0.2) is 11.8 Å². The van der Waals surface area contributed by atoms with Gasteiger partial charge in [0.2, 0.25) is 0 Å². The summed E-state index contributed by atoms with van der Waals surface area (Å²) in [5.74, 6) is 2.11. The zero-order chi connectivity index (χ0) is 18.8. The van der Waals surface area contributed by atoms with Gasteiger partial charge in [-0.3, -0.25) is 0 Å². The van der Waals surface area contributed by atoms with Crippen molar-refractivity contribution >= 4 is 5.96 Å². The molecule has 142 valence electrons. The zero-order valence-electron chi connectivity index (χ0n) is 15.6. The Morgan fingerprint density at radius 2 is 2.00 bits per heavy atom. The molecule has 0 aliphatic carbocycles. The number of ether oxygens (including phenoxy) is 1. The van der Waals surface area contributed by atoms with E-state index in [4.69, 9.17) is 4.74 Å². The molecule has 1 heterocycles. The maximum absolute atomic E-state index is 13.0. The molecule has 0 saturated carbocycles. The number of nitrogens with zero attached hydrogens (tertiary/aromatic N) is 4. The second-order valence-electron chi connectivity index (χ2n) is 5.84. The number of aryl methyl sites for hydroxylation is 1. The molecule has 0 amide bonds. The molecule has 0 unspecified atom stereocenters. The first-order chi connectivity index (χ1) is 12.6. The summed E-state index contributed by atoms with van der Waals surface area (Å²) in [5, 5.41) is 14.7. The van der Waals surface area contributed by atoms with Crippen LogP contribution in [0.1, 0.15) is 30.6 Å². The fourth-order valence-electron chi connectivity index (χ4n) is 2.23. The second-order valence-corrected chi connectivity index (χ2v) is 5.84. The molecule has 0 aliphatic heterocycles. The number of guanidine groups is 1. The summed E-state index contributed by atoms with van der Waals surface area (Å²) in [6.07, 6.45) is 0.883. The van der Waals surface area contributed by atoms with Crippen LogP contribution in [0.3, 0.4) is 0 Å². The van der Waals surface area contributed by atoms with E-state index >= 15 is 0 Å². The van der Waals surface area contributed by atoms with E-state index in [2.05, 4.69) is 25.8 Å². The smallest absolute Gasteiger partial charge is 0.191 e. The van der Waals surface area contributed by atoms with Crippen molar-refractivity contribution in [3.63, 3.8) is 0 Å². The minimum absolute atomic E-state index is 0.247. The minimum Gasteiger partial charge on any atom is -0.382 e. The molecule has 0 radical (unpaired) electrons. The van der Waals surface area contributed by atoms with E-state index in [0.29, 0.717) is 25.7 Å². The number of halogens is 1. The second kappa shape index (κ2) is 10.5. The van der Waals surface area contributed by atoms with Gasteiger partial charge in [-0.25, -0.2) is 9.38 Å². The van der Waals surface area contributed by atoms with Crippen molar-refractivity contribution < 1.29 is 9.13 Å². The third-order valence-electron chi connectivity index (χ3n) is 3.89. The van der Waals surface area contributed by atoms with Crippen LogP contribution in [-0.4, -0.2) is 40.5 Å². The fraction of sp³-hybridized carbons (Fsp3) is 0.500. The molecule has 0 atom stereocenters. The quantitative estimate of drug-likeness (QED) is 0.405. The molecular weight excluding hydrogens is 335 g/mol. The lowest BCUT2D eigenvalue weighted by Crippen LogP contribution is -2.38. The first-order valence-electron chi connectivity index (χ1n) is 8.79. The molecule has 0 spiro atoms. The van der Waals surface area contributed by atoms with Crippen LogP contribution >= 0.6 is 0 Å². The summed E-state index contributed by atoms with van der Waals surface area (Å²) in [6, 6.07) is 6.35. The standard InChI is InChI=1S/C18H27FN6O/c1-4-26-11-5-10-20-18(21-12-15-6-8-16(19)9-7-15)22-13-17-24-23-14(2)25(17)3/h6-9H,4-5,10-13H2,1-3H3,(H2,20,21,22). The van der Waals surface area contributed by atoms with Gasteiger partial charge in [0.1, 0.15) is 11.6 Å². The average Bonchev–Trinajstić information content (AvgIpc) is 2.96. The molecule has 0 bridgehead atoms. The first kappa shape index (κ1) is 19.8. The van der Waals surface area contributed by atoms with Crippen LogP contribution in [0.15, 0.2) is 29.3 Å². The fourth-order valence-corrected chi connectivity index (χ4v) is 2.23. The molecule has 8 heteroatoms. The molecule has 2 rings (SSSR count). The topological polar surface area (TPSA) is 76.4 Å². The van der Waals surface area contributed by atoms with Gasteiger partial charge in [-0.2, -0.15) is 0 Å². The summed E-state index contributed by atoms with van der Waals surface area (Å²) in [7, 11) is 1.93. The Morgan fingerprint density at radius 3 is 2.65 bits per heavy atom. The normalized spacial score (nSPS) is 11.6. The van der Waals surface area contributed by atoms with Crippen molar-refractivity contribution in [1.82, 2.24) is 25.4 Å². The maximum Gasteiger partial charge on any atom is 0.191 e. The highest BCUT2D eigenvalue weighted by molar-refractivity contribution is 5.79. The lowest BCUT2D eigenvalue weighted by molar-refractivity contribution is 0.145. The Morgan fingerprint density at radius 1 is 1.23 bits per heavy atom. The van der Waals surface area contributed by atoms with Crippen molar-refractivity contribution in [3.8, 4) is 0 Å². The lowest BCUT2D eigenvalue weighted by Gasteiger charge is -2.12. The molecule has 1 aromatic carbocycles. The van der Waals surface area contributed by atoms with Crippen LogP contribution in [-0.2, 0) is 24.9 Å². The van der Waals surface area contributed by atoms with Crippen LogP contribution < -0.4 is 10.6 Å². The molecule has 0 saturated heterocycles. The minimum atomic E-state index is -0.247. The monoisotopic (exact) mass is 362 g/mol. The van der Waals surface area contributed by atoms with Gasteiger partial charge in [-0.1, -0.05) is 12.1 Å². The number of aromatic nitrogens is 3. The number of hydrogen-bond donors (Lipinski definition) is 2. The van der Waals surface area contributed by atoms with Crippen molar-refractivity contribution in [1.29, 1.82) is 0 Å². The van der Waals surface area contributed by atoms with Gasteiger partial charge < -0.3 is 19.9 Å². The highest BCUT2D eigenvalue weighted by atomic mass is 19.1. The highest BCUT2D eigenvalue weighted by Gasteiger charge is 2.06. The molecule has 0 fully saturated rings. The SMILES string of the molecule is CCOCCCNC(=NCc1ccc(F)cc1)NCc1nnc(C)n1C. The maximum atomic E-state index is 13.0. The summed E-state index contributed by atoms with van der Waals surface area (Å²) in [5.41, 5.74) is 0.941. The largest absolute Gasteiger partial charge is 0.382 e. The van der Waals surface area contributed by atoms with E-state index in [1.165, 1.54) is 12.1 Å². The van der Waals surface area contributed by atoms with Crippen LogP contribution in [0.5, 0.6) is 0 Å². The Hall–Kier alpha value is -2.48. The summed E-state index contributed by atoms with van der Waals surface area (Å²) in [6.45, 7) is 7.02. The molecule has 1 aromatic heterocycles. The van der Waals surface area contributed by atoms with Gasteiger partial charge in [0.05, 0.1) is 13.1 Å². The third kappa shape index (κ3) is 6.44. The number of rotatable bonds is 9. The molecule has 2 aromatic rings. The van der Waals surface area contributed by atoms with E-state index in [1.54, 1.807) is 12.1 Å². The number of aliphatic imine (C=N–C) groups is 1. The Kier molecular flexibility index (Phi) is 8.01. The number of nitrogens with one attached hydrogen (secondary N) is 2. The van der Waals surface area contributed by atoms with Crippen molar-refractivity contribution in [3.05, 3.63) is 47.3 Å². The lowest BCUT2D eigenvalue weighted by atomic mass is 10.2. The average molecular weight is 362 g/mol. The Labute approximate surface area is 153 Å². The Balaban J connectivity index is 1.94. The zero-order valence-corrected chi connectivity index (χ0v) is 15.6. The molecule has 26 heavy (non-hydrogen) atoms. The molecule has 0 aliphatic rings. The van der Waals surface area contributed by atoms with Crippen molar-refractivity contribution in [2.45, 2.75) is 33.4 Å². The van der Waals surface area contributed by atoms with Gasteiger partial charge >= 0.3 is 0 Å². The van der Waals surface area contributed by atoms with Crippen LogP contribution in [0.4, 0.5) is 4.39 Å². The molecule has 2 N–H and O–H groups in total. The van der Waals surface area contributed by atoms with Crippen molar-refractivity contribution in [2.75, 3.05) is 19.8 Å². The summed E-state index contributed by atoms with van der Waals surface area (Å²) >= 11 is 0. The molecule has 7 nitrogen and oxygen atoms in total. The van der Waals surface area contributed by atoms with Gasteiger partial charge in [0.25, 0.3) is 0 Å². The van der Waals surface area contributed by atoms with Gasteiger partial charge in [0, 0.05) is 26.8 Å². The van der Waals surface area contributed by atoms with Crippen LogP contribution in [0.25, 0.3) is 0 Å². The third-order valence-corrected chi connectivity index (χ3v) is 3.89. The predicted octanol–water partition coefficient (Wildman–Crippen LogP) is 1.92. The van der Waals surface area contributed by atoms with Crippen molar-refractivity contribution in [2.24, 2.45) is 12.0 Å². The predicted molar refractivity (Wildman–Crippen MR) is 99.2 cm³/mol. The summed E-state index contributed by atoms with van der Waals surface area (Å²) < 4.78 is 20.3. The number of hydrogen-bond acceptors (Lipinski definition) is 4. The van der Waals surface area contributed by atoms with E-state index < -0.39 is 0 Å². The van der Waals surface area contributed by atoms with Crippen LogP contribution in [0, 0.1) is 12.7 Å². The molecular formula is C18H27FN6O. The van der Waals surface area contributed by atoms with E-state index in [-0.39, 0.29) is 5.82 Å². The highest BCUT2D eigenvalue weighted by Crippen LogP contribution is 2.04.